The molecule has 0 radical (unpaired) electrons. The lowest BCUT2D eigenvalue weighted by Gasteiger charge is -2.01. The van der Waals surface area contributed by atoms with Crippen molar-refractivity contribution >= 4 is 17.3 Å². The van der Waals surface area contributed by atoms with E-state index >= 15 is 0 Å². The highest BCUT2D eigenvalue weighted by molar-refractivity contribution is 7.13. The average Bonchev–Trinajstić information content (AvgIpc) is 2.47. The number of hydrogen-bond donors (Lipinski definition) is 1. The number of aryl methyl sites for hydroxylation is 1. The Labute approximate surface area is 81.4 Å². The average molecular weight is 199 g/mol. The maximum atomic E-state index is 10.7. The van der Waals surface area contributed by atoms with Crippen molar-refractivity contribution in [2.24, 2.45) is 0 Å². The maximum Gasteiger partial charge on any atom is 0.365 e. The Hall–Kier alpha value is -0.900. The first-order valence-electron chi connectivity index (χ1n) is 4.29. The first-order valence-corrected chi connectivity index (χ1v) is 5.10. The number of carboxylic acid groups (broad SMARTS) is 1. The van der Waals surface area contributed by atoms with Crippen molar-refractivity contribution in [2.45, 2.75) is 33.1 Å². The number of hydrogen-bond acceptors (Lipinski definition) is 3. The molecule has 3 nitrogen and oxygen atoms in total. The summed E-state index contributed by atoms with van der Waals surface area (Å²) >= 11 is 1.29. The molecule has 1 aromatic heterocycles. The second-order valence-electron chi connectivity index (χ2n) is 3.14. The predicted molar refractivity (Wildman–Crippen MR) is 52.5 cm³/mol. The quantitative estimate of drug-likeness (QED) is 0.813. The first kappa shape index (κ1) is 10.2. The highest BCUT2D eigenvalue weighted by Crippen LogP contribution is 2.26. The van der Waals surface area contributed by atoms with Crippen molar-refractivity contribution in [3.05, 3.63) is 15.6 Å². The van der Waals surface area contributed by atoms with E-state index in [1.165, 1.54) is 11.3 Å². The Morgan fingerprint density at radius 2 is 2.23 bits per heavy atom. The number of aromatic nitrogens is 1. The predicted octanol–water partition coefficient (Wildman–Crippen LogP) is 2.53. The summed E-state index contributed by atoms with van der Waals surface area (Å²) in [6.07, 6.45) is 0.803. The van der Waals surface area contributed by atoms with E-state index in [0.29, 0.717) is 5.92 Å². The Kier molecular flexibility index (Phi) is 3.03. The lowest BCUT2D eigenvalue weighted by Crippen LogP contribution is -1.95. The maximum absolute atomic E-state index is 10.7. The molecule has 0 aliphatic carbocycles. The van der Waals surface area contributed by atoms with Crippen LogP contribution in [0.3, 0.4) is 0 Å². The summed E-state index contributed by atoms with van der Waals surface area (Å²) in [5.74, 6) is -0.563. The van der Waals surface area contributed by atoms with E-state index in [0.717, 1.165) is 17.0 Å². The molecule has 1 aromatic rings. The van der Waals surface area contributed by atoms with Gasteiger partial charge in [0.25, 0.3) is 0 Å². The molecule has 1 heterocycles. The molecular weight excluding hydrogens is 186 g/mol. The zero-order chi connectivity index (χ0) is 10.0. The van der Waals surface area contributed by atoms with Gasteiger partial charge < -0.3 is 5.11 Å². The Morgan fingerprint density at radius 1 is 1.62 bits per heavy atom. The van der Waals surface area contributed by atoms with Gasteiger partial charge >= 0.3 is 5.97 Å². The van der Waals surface area contributed by atoms with Gasteiger partial charge in [-0.2, -0.15) is 0 Å². The summed E-state index contributed by atoms with van der Waals surface area (Å²) in [5.41, 5.74) is 0.928. The van der Waals surface area contributed by atoms with Crippen molar-refractivity contribution < 1.29 is 9.90 Å². The Bertz CT molecular complexity index is 317. The molecule has 4 heteroatoms. The summed E-state index contributed by atoms with van der Waals surface area (Å²) in [7, 11) is 0. The molecule has 0 amide bonds. The minimum absolute atomic E-state index is 0.209. The molecule has 0 aliphatic rings. The van der Waals surface area contributed by atoms with Crippen LogP contribution in [0.2, 0.25) is 0 Å². The van der Waals surface area contributed by atoms with E-state index in [1.807, 2.05) is 6.92 Å². The number of aromatic carboxylic acids is 1. The fourth-order valence-electron chi connectivity index (χ4n) is 1.16. The zero-order valence-corrected chi connectivity index (χ0v) is 8.81. The van der Waals surface area contributed by atoms with Crippen LogP contribution in [-0.2, 0) is 6.42 Å². The largest absolute Gasteiger partial charge is 0.476 e. The number of rotatable bonds is 3. The van der Waals surface area contributed by atoms with Crippen molar-refractivity contribution in [1.29, 1.82) is 0 Å². The number of nitrogens with zero attached hydrogens (tertiary/aromatic N) is 1. The van der Waals surface area contributed by atoms with E-state index in [4.69, 9.17) is 5.11 Å². The lowest BCUT2D eigenvalue weighted by molar-refractivity contribution is 0.0696. The van der Waals surface area contributed by atoms with Crippen LogP contribution in [-0.4, -0.2) is 16.1 Å². The molecule has 0 atom stereocenters. The van der Waals surface area contributed by atoms with Crippen molar-refractivity contribution in [1.82, 2.24) is 4.98 Å². The van der Waals surface area contributed by atoms with Crippen LogP contribution in [0.15, 0.2) is 0 Å². The summed E-state index contributed by atoms with van der Waals surface area (Å²) < 4.78 is 0. The summed E-state index contributed by atoms with van der Waals surface area (Å²) in [5, 5.41) is 8.96. The van der Waals surface area contributed by atoms with Gasteiger partial charge in [-0.3, -0.25) is 0 Å². The molecule has 0 saturated heterocycles. The van der Waals surface area contributed by atoms with Crippen molar-refractivity contribution in [2.75, 3.05) is 0 Å². The SMILES string of the molecule is CCc1nc(C(=O)O)sc1C(C)C. The van der Waals surface area contributed by atoms with E-state index < -0.39 is 5.97 Å². The highest BCUT2D eigenvalue weighted by atomic mass is 32.1. The standard InChI is InChI=1S/C9H13NO2S/c1-4-6-7(5(2)3)13-8(10-6)9(11)12/h5H,4H2,1-3H3,(H,11,12). The minimum Gasteiger partial charge on any atom is -0.476 e. The van der Waals surface area contributed by atoms with Gasteiger partial charge in [-0.1, -0.05) is 20.8 Å². The summed E-state index contributed by atoms with van der Waals surface area (Å²) in [4.78, 5) is 15.8. The fraction of sp³-hybridized carbons (Fsp3) is 0.556. The van der Waals surface area contributed by atoms with Crippen LogP contribution in [0.4, 0.5) is 0 Å². The second-order valence-corrected chi connectivity index (χ2v) is 4.17. The third kappa shape index (κ3) is 2.06. The first-order chi connectivity index (χ1) is 6.06. The van der Waals surface area contributed by atoms with Gasteiger partial charge in [0, 0.05) is 4.88 Å². The van der Waals surface area contributed by atoms with Crippen LogP contribution in [0, 0.1) is 0 Å². The minimum atomic E-state index is -0.924. The Balaban J connectivity index is 3.11. The van der Waals surface area contributed by atoms with Crippen molar-refractivity contribution in [3.63, 3.8) is 0 Å². The van der Waals surface area contributed by atoms with Gasteiger partial charge in [-0.05, 0) is 12.3 Å². The third-order valence-electron chi connectivity index (χ3n) is 1.77. The molecule has 0 bridgehead atoms. The molecule has 0 aromatic carbocycles. The van der Waals surface area contributed by atoms with Crippen LogP contribution in [0.1, 0.15) is 47.1 Å². The molecule has 13 heavy (non-hydrogen) atoms. The summed E-state index contributed by atoms with van der Waals surface area (Å²) in [6.45, 7) is 6.10. The normalized spacial score (nSPS) is 10.8. The van der Waals surface area contributed by atoms with E-state index in [-0.39, 0.29) is 5.01 Å². The van der Waals surface area contributed by atoms with Crippen LogP contribution < -0.4 is 0 Å². The number of carbonyl (C=O) groups is 1. The van der Waals surface area contributed by atoms with E-state index in [9.17, 15) is 4.79 Å². The number of carboxylic acids is 1. The van der Waals surface area contributed by atoms with E-state index in [1.54, 1.807) is 0 Å². The molecule has 0 aliphatic heterocycles. The molecule has 0 saturated carbocycles. The van der Waals surface area contributed by atoms with Gasteiger partial charge in [0.15, 0.2) is 0 Å². The van der Waals surface area contributed by atoms with E-state index in [2.05, 4.69) is 18.8 Å². The van der Waals surface area contributed by atoms with Gasteiger partial charge in [-0.15, -0.1) is 11.3 Å². The monoisotopic (exact) mass is 199 g/mol. The van der Waals surface area contributed by atoms with Gasteiger partial charge in [0.1, 0.15) is 0 Å². The third-order valence-corrected chi connectivity index (χ3v) is 3.16. The highest BCUT2D eigenvalue weighted by Gasteiger charge is 2.16. The smallest absolute Gasteiger partial charge is 0.365 e. The number of thiazole rings is 1. The second kappa shape index (κ2) is 3.87. The molecular formula is C9H13NO2S. The van der Waals surface area contributed by atoms with Gasteiger partial charge in [0.05, 0.1) is 5.69 Å². The summed E-state index contributed by atoms with van der Waals surface area (Å²) in [6, 6.07) is 0. The Morgan fingerprint density at radius 3 is 2.54 bits per heavy atom. The molecule has 0 unspecified atom stereocenters. The van der Waals surface area contributed by atoms with Crippen LogP contribution in [0.5, 0.6) is 0 Å². The lowest BCUT2D eigenvalue weighted by atomic mass is 10.1. The van der Waals surface area contributed by atoms with Crippen LogP contribution in [0.25, 0.3) is 0 Å². The van der Waals surface area contributed by atoms with Crippen molar-refractivity contribution in [3.8, 4) is 0 Å². The molecule has 0 spiro atoms. The van der Waals surface area contributed by atoms with Crippen LogP contribution >= 0.6 is 11.3 Å². The van der Waals surface area contributed by atoms with Gasteiger partial charge in [-0.25, -0.2) is 9.78 Å². The zero-order valence-electron chi connectivity index (χ0n) is 8.00. The molecule has 0 fully saturated rings. The molecule has 1 N–H and O–H groups in total. The molecule has 1 rings (SSSR count). The molecule has 72 valence electrons. The fourth-order valence-corrected chi connectivity index (χ4v) is 2.15. The topological polar surface area (TPSA) is 50.2 Å². The van der Waals surface area contributed by atoms with Gasteiger partial charge in [0.2, 0.25) is 5.01 Å².